The predicted molar refractivity (Wildman–Crippen MR) is 56.1 cm³/mol. The molecule has 1 heterocycles. The fourth-order valence-corrected chi connectivity index (χ4v) is 1.85. The Bertz CT molecular complexity index is 257. The van der Waals surface area contributed by atoms with Crippen molar-refractivity contribution in [3.05, 3.63) is 11.9 Å². The zero-order chi connectivity index (χ0) is 8.55. The van der Waals surface area contributed by atoms with Crippen LogP contribution < -0.4 is 5.73 Å². The molecule has 13 heavy (non-hydrogen) atoms. The summed E-state index contributed by atoms with van der Waals surface area (Å²) in [5.41, 5.74) is 7.51. The third kappa shape index (κ3) is 1.97. The highest BCUT2D eigenvalue weighted by atomic mass is 35.5. The van der Waals surface area contributed by atoms with Crippen LogP contribution in [0, 0.1) is 6.92 Å². The second-order valence-corrected chi connectivity index (χ2v) is 3.59. The highest BCUT2D eigenvalue weighted by Crippen LogP contribution is 2.29. The van der Waals surface area contributed by atoms with E-state index in [1.165, 1.54) is 25.7 Å². The maximum atomic E-state index is 5.72. The molecule has 0 radical (unpaired) electrons. The van der Waals surface area contributed by atoms with Gasteiger partial charge in [-0.2, -0.15) is 5.10 Å². The fraction of sp³-hybridized carbons (Fsp3) is 0.667. The minimum absolute atomic E-state index is 0. The summed E-state index contributed by atoms with van der Waals surface area (Å²) in [5.74, 6) is 0. The minimum atomic E-state index is 0. The van der Waals surface area contributed by atoms with Gasteiger partial charge >= 0.3 is 0 Å². The number of halogens is 1. The van der Waals surface area contributed by atoms with Crippen LogP contribution in [0.15, 0.2) is 6.20 Å². The average molecular weight is 202 g/mol. The summed E-state index contributed by atoms with van der Waals surface area (Å²) >= 11 is 0. The van der Waals surface area contributed by atoms with Gasteiger partial charge in [0.15, 0.2) is 0 Å². The van der Waals surface area contributed by atoms with Crippen LogP contribution >= 0.6 is 12.4 Å². The topological polar surface area (TPSA) is 43.8 Å². The van der Waals surface area contributed by atoms with Crippen molar-refractivity contribution < 1.29 is 0 Å². The number of anilines is 1. The molecule has 1 aliphatic rings. The summed E-state index contributed by atoms with van der Waals surface area (Å²) in [4.78, 5) is 0. The molecule has 74 valence electrons. The highest BCUT2D eigenvalue weighted by molar-refractivity contribution is 5.85. The normalized spacial score (nSPS) is 17.3. The molecule has 1 aromatic heterocycles. The van der Waals surface area contributed by atoms with Gasteiger partial charge in [0.25, 0.3) is 0 Å². The van der Waals surface area contributed by atoms with Gasteiger partial charge in [-0.1, -0.05) is 12.8 Å². The van der Waals surface area contributed by atoms with Gasteiger partial charge in [0.05, 0.1) is 17.4 Å². The Kier molecular flexibility index (Phi) is 3.20. The van der Waals surface area contributed by atoms with Gasteiger partial charge in [-0.25, -0.2) is 0 Å². The minimum Gasteiger partial charge on any atom is -0.396 e. The Morgan fingerprint density at radius 3 is 2.54 bits per heavy atom. The molecule has 2 N–H and O–H groups in total. The Balaban J connectivity index is 0.000000845. The first-order valence-corrected chi connectivity index (χ1v) is 4.58. The summed E-state index contributed by atoms with van der Waals surface area (Å²) in [5, 5.41) is 4.38. The van der Waals surface area contributed by atoms with E-state index in [1.807, 2.05) is 17.8 Å². The molecule has 0 saturated heterocycles. The lowest BCUT2D eigenvalue weighted by Gasteiger charge is -2.08. The molecular weight excluding hydrogens is 186 g/mol. The molecule has 0 bridgehead atoms. The van der Waals surface area contributed by atoms with E-state index in [-0.39, 0.29) is 12.4 Å². The summed E-state index contributed by atoms with van der Waals surface area (Å²) in [6, 6.07) is 0.612. The number of rotatable bonds is 1. The fourth-order valence-electron chi connectivity index (χ4n) is 1.85. The Morgan fingerprint density at radius 1 is 1.46 bits per heavy atom. The van der Waals surface area contributed by atoms with Crippen molar-refractivity contribution in [3.63, 3.8) is 0 Å². The first kappa shape index (κ1) is 10.4. The van der Waals surface area contributed by atoms with Crippen LogP contribution in [0.4, 0.5) is 5.69 Å². The first-order valence-electron chi connectivity index (χ1n) is 4.58. The van der Waals surface area contributed by atoms with E-state index < -0.39 is 0 Å². The number of hydrogen-bond acceptors (Lipinski definition) is 2. The van der Waals surface area contributed by atoms with Crippen molar-refractivity contribution >= 4 is 18.1 Å². The number of nitrogen functional groups attached to an aromatic ring is 1. The lowest BCUT2D eigenvalue weighted by Crippen LogP contribution is -2.04. The monoisotopic (exact) mass is 201 g/mol. The van der Waals surface area contributed by atoms with Crippen molar-refractivity contribution in [2.75, 3.05) is 5.73 Å². The second kappa shape index (κ2) is 4.01. The van der Waals surface area contributed by atoms with E-state index in [4.69, 9.17) is 5.73 Å². The standard InChI is InChI=1S/C9H15N3.ClH/c1-7-9(10)6-12(11-7)8-4-2-3-5-8;/h6,8H,2-5,10H2,1H3;1H. The summed E-state index contributed by atoms with van der Waals surface area (Å²) in [7, 11) is 0. The van der Waals surface area contributed by atoms with E-state index in [0.717, 1.165) is 11.4 Å². The molecule has 0 aromatic carbocycles. The molecule has 0 spiro atoms. The maximum Gasteiger partial charge on any atom is 0.0823 e. The molecule has 0 aliphatic heterocycles. The molecule has 1 saturated carbocycles. The molecule has 0 unspecified atom stereocenters. The van der Waals surface area contributed by atoms with Crippen LogP contribution in [0.2, 0.25) is 0 Å². The molecule has 0 atom stereocenters. The van der Waals surface area contributed by atoms with Crippen molar-refractivity contribution in [2.24, 2.45) is 0 Å². The third-order valence-electron chi connectivity index (χ3n) is 2.65. The van der Waals surface area contributed by atoms with Gasteiger partial charge in [0, 0.05) is 6.20 Å². The van der Waals surface area contributed by atoms with Gasteiger partial charge < -0.3 is 5.73 Å². The summed E-state index contributed by atoms with van der Waals surface area (Å²) < 4.78 is 2.04. The van der Waals surface area contributed by atoms with Gasteiger partial charge in [-0.15, -0.1) is 12.4 Å². The smallest absolute Gasteiger partial charge is 0.0823 e. The molecular formula is C9H16ClN3. The zero-order valence-corrected chi connectivity index (χ0v) is 8.68. The van der Waals surface area contributed by atoms with Gasteiger partial charge in [0.2, 0.25) is 0 Å². The molecule has 1 fully saturated rings. The number of aryl methyl sites for hydroxylation is 1. The van der Waals surface area contributed by atoms with E-state index in [1.54, 1.807) is 0 Å². The number of nitrogens with two attached hydrogens (primary N) is 1. The van der Waals surface area contributed by atoms with Crippen LogP contribution in [0.25, 0.3) is 0 Å². The number of aromatic nitrogens is 2. The lowest BCUT2D eigenvalue weighted by atomic mass is 10.3. The quantitative estimate of drug-likeness (QED) is 0.758. The highest BCUT2D eigenvalue weighted by Gasteiger charge is 2.17. The second-order valence-electron chi connectivity index (χ2n) is 3.59. The van der Waals surface area contributed by atoms with Crippen LogP contribution in [0.5, 0.6) is 0 Å². The number of hydrogen-bond donors (Lipinski definition) is 1. The van der Waals surface area contributed by atoms with E-state index in [0.29, 0.717) is 6.04 Å². The van der Waals surface area contributed by atoms with Crippen LogP contribution in [0.3, 0.4) is 0 Å². The van der Waals surface area contributed by atoms with Crippen LogP contribution in [-0.4, -0.2) is 9.78 Å². The van der Waals surface area contributed by atoms with Crippen molar-refractivity contribution in [2.45, 2.75) is 38.6 Å². The summed E-state index contributed by atoms with van der Waals surface area (Å²) in [6.45, 7) is 1.96. The predicted octanol–water partition coefficient (Wildman–Crippen LogP) is 2.31. The van der Waals surface area contributed by atoms with Crippen molar-refractivity contribution in [1.29, 1.82) is 0 Å². The third-order valence-corrected chi connectivity index (χ3v) is 2.65. The largest absolute Gasteiger partial charge is 0.396 e. The van der Waals surface area contributed by atoms with Gasteiger partial charge in [-0.05, 0) is 19.8 Å². The molecule has 3 nitrogen and oxygen atoms in total. The first-order chi connectivity index (χ1) is 5.77. The lowest BCUT2D eigenvalue weighted by molar-refractivity contribution is 0.465. The molecule has 0 amide bonds. The Labute approximate surface area is 84.7 Å². The number of nitrogens with zero attached hydrogens (tertiary/aromatic N) is 2. The molecule has 2 rings (SSSR count). The van der Waals surface area contributed by atoms with Crippen LogP contribution in [0.1, 0.15) is 37.4 Å². The van der Waals surface area contributed by atoms with Gasteiger partial charge in [0.1, 0.15) is 0 Å². The van der Waals surface area contributed by atoms with Gasteiger partial charge in [-0.3, -0.25) is 4.68 Å². The van der Waals surface area contributed by atoms with E-state index in [2.05, 4.69) is 5.10 Å². The van der Waals surface area contributed by atoms with Crippen LogP contribution in [-0.2, 0) is 0 Å². The Morgan fingerprint density at radius 2 is 2.08 bits per heavy atom. The summed E-state index contributed by atoms with van der Waals surface area (Å²) in [6.07, 6.45) is 7.17. The SMILES string of the molecule is Cc1nn(C2CCCC2)cc1N.Cl. The molecule has 4 heteroatoms. The molecule has 1 aromatic rings. The van der Waals surface area contributed by atoms with E-state index in [9.17, 15) is 0 Å². The van der Waals surface area contributed by atoms with E-state index >= 15 is 0 Å². The van der Waals surface area contributed by atoms with Crippen molar-refractivity contribution in [3.8, 4) is 0 Å². The maximum absolute atomic E-state index is 5.72. The van der Waals surface area contributed by atoms with Crippen molar-refractivity contribution in [1.82, 2.24) is 9.78 Å². The average Bonchev–Trinajstić information content (AvgIpc) is 2.61. The zero-order valence-electron chi connectivity index (χ0n) is 7.86. The Hall–Kier alpha value is -0.700. The molecule has 1 aliphatic carbocycles.